The van der Waals surface area contributed by atoms with Crippen LogP contribution in [0.3, 0.4) is 0 Å². The highest BCUT2D eigenvalue weighted by atomic mass is 14.1. The van der Waals surface area contributed by atoms with Crippen LogP contribution in [0.4, 0.5) is 0 Å². The third-order valence-electron chi connectivity index (χ3n) is 4.30. The second-order valence-electron chi connectivity index (χ2n) is 5.86. The summed E-state index contributed by atoms with van der Waals surface area (Å²) in [4.78, 5) is 0. The molecular weight excluding hydrogens is 324 g/mol. The number of hydrogen-bond acceptors (Lipinski definition) is 0. The van der Waals surface area contributed by atoms with Crippen molar-refractivity contribution in [2.24, 2.45) is 0 Å². The third-order valence-corrected chi connectivity index (χ3v) is 4.30. The Morgan fingerprint density at radius 3 is 1.19 bits per heavy atom. The average Bonchev–Trinajstić information content (AvgIpc) is 2.69. The molecule has 0 atom stereocenters. The maximum atomic E-state index is 2.30. The zero-order valence-electron chi connectivity index (χ0n) is 13.4. The quantitative estimate of drug-likeness (QED) is 0.345. The summed E-state index contributed by atoms with van der Waals surface area (Å²) in [7, 11) is 0. The second kappa shape index (κ2) is 10.1. The number of rotatable bonds is 3. The molecule has 0 saturated heterocycles. The summed E-state index contributed by atoms with van der Waals surface area (Å²) >= 11 is 0. The summed E-state index contributed by atoms with van der Waals surface area (Å²) in [5, 5.41) is 0. The van der Waals surface area contributed by atoms with Gasteiger partial charge in [0.1, 0.15) is 0 Å². The van der Waals surface area contributed by atoms with Crippen LogP contribution in [0.15, 0.2) is 109 Å². The van der Waals surface area contributed by atoms with Gasteiger partial charge in [0.25, 0.3) is 0 Å². The van der Waals surface area contributed by atoms with Crippen LogP contribution in [0.25, 0.3) is 33.4 Å². The van der Waals surface area contributed by atoms with E-state index in [4.69, 9.17) is 0 Å². The van der Waals surface area contributed by atoms with Crippen molar-refractivity contribution in [1.82, 2.24) is 0 Å². The Hall–Kier alpha value is -3.12. The Morgan fingerprint density at radius 1 is 0.296 bits per heavy atom. The van der Waals surface area contributed by atoms with Gasteiger partial charge < -0.3 is 0 Å². The highest BCUT2D eigenvalue weighted by Crippen LogP contribution is 2.35. The van der Waals surface area contributed by atoms with Crippen molar-refractivity contribution < 1.29 is 0 Å². The lowest BCUT2D eigenvalue weighted by molar-refractivity contribution is 1.56. The molecule has 0 radical (unpaired) electrons. The van der Waals surface area contributed by atoms with Crippen molar-refractivity contribution in [1.29, 1.82) is 0 Å². The molecular formula is C27H30. The number of benzene rings is 4. The predicted molar refractivity (Wildman–Crippen MR) is 123 cm³/mol. The Kier molecular flexibility index (Phi) is 8.23. The van der Waals surface area contributed by atoms with Crippen molar-refractivity contribution in [3.05, 3.63) is 109 Å². The Morgan fingerprint density at radius 2 is 0.704 bits per heavy atom. The first kappa shape index (κ1) is 21.9. The Balaban J connectivity index is 0.00000121. The van der Waals surface area contributed by atoms with E-state index in [2.05, 4.69) is 109 Å². The largest absolute Gasteiger partial charge is 0.0776 e. The van der Waals surface area contributed by atoms with Crippen molar-refractivity contribution in [3.63, 3.8) is 0 Å². The van der Waals surface area contributed by atoms with Crippen LogP contribution < -0.4 is 0 Å². The molecule has 0 aliphatic carbocycles. The van der Waals surface area contributed by atoms with Gasteiger partial charge in [0, 0.05) is 0 Å². The molecule has 0 saturated carbocycles. The molecule has 27 heavy (non-hydrogen) atoms. The van der Waals surface area contributed by atoms with Crippen LogP contribution in [-0.2, 0) is 0 Å². The normalized spacial score (nSPS) is 9.33. The fourth-order valence-electron chi connectivity index (χ4n) is 3.08. The molecule has 0 fully saturated rings. The van der Waals surface area contributed by atoms with E-state index in [9.17, 15) is 0 Å². The van der Waals surface area contributed by atoms with Gasteiger partial charge in [0.2, 0.25) is 0 Å². The second-order valence-corrected chi connectivity index (χ2v) is 5.86. The fourth-order valence-corrected chi connectivity index (χ4v) is 3.08. The summed E-state index contributed by atoms with van der Waals surface area (Å²) in [6.45, 7) is 0. The molecule has 0 unspecified atom stereocenters. The molecule has 0 spiro atoms. The maximum Gasteiger partial charge on any atom is -0.00992 e. The van der Waals surface area contributed by atoms with E-state index in [0.29, 0.717) is 0 Å². The monoisotopic (exact) mass is 354 g/mol. The molecule has 0 heterocycles. The van der Waals surface area contributed by atoms with E-state index in [1.54, 1.807) is 0 Å². The van der Waals surface area contributed by atoms with Crippen molar-refractivity contribution in [3.8, 4) is 33.4 Å². The van der Waals surface area contributed by atoms with Gasteiger partial charge in [-0.1, -0.05) is 125 Å². The highest BCUT2D eigenvalue weighted by Gasteiger charge is 2.09. The van der Waals surface area contributed by atoms with Gasteiger partial charge in [-0.05, 0) is 39.4 Å². The van der Waals surface area contributed by atoms with Crippen LogP contribution in [0.1, 0.15) is 22.3 Å². The van der Waals surface area contributed by atoms with Crippen LogP contribution in [0.2, 0.25) is 0 Å². The van der Waals surface area contributed by atoms with E-state index < -0.39 is 0 Å². The fraction of sp³-hybridized carbons (Fsp3) is 0.111. The zero-order chi connectivity index (χ0) is 16.2. The summed E-state index contributed by atoms with van der Waals surface area (Å²) in [6.07, 6.45) is 0. The predicted octanol–water partition coefficient (Wildman–Crippen LogP) is 8.60. The zero-order valence-corrected chi connectivity index (χ0v) is 13.4. The lowest BCUT2D eigenvalue weighted by atomic mass is 9.91. The van der Waals surface area contributed by atoms with E-state index in [0.717, 1.165) is 0 Å². The molecule has 0 heteroatoms. The molecule has 0 aromatic heterocycles. The van der Waals surface area contributed by atoms with Gasteiger partial charge >= 0.3 is 0 Å². The van der Waals surface area contributed by atoms with Gasteiger partial charge in [-0.25, -0.2) is 0 Å². The molecule has 4 rings (SSSR count). The third kappa shape index (κ3) is 4.74. The van der Waals surface area contributed by atoms with Crippen LogP contribution >= 0.6 is 0 Å². The molecule has 0 bridgehead atoms. The summed E-state index contributed by atoms with van der Waals surface area (Å²) in [5.41, 5.74) is 7.51. The topological polar surface area (TPSA) is 0 Å². The molecule has 4 aromatic rings. The molecule has 0 aliphatic rings. The van der Waals surface area contributed by atoms with E-state index in [1.807, 2.05) is 0 Å². The van der Waals surface area contributed by atoms with E-state index in [1.165, 1.54) is 33.4 Å². The molecule has 138 valence electrons. The van der Waals surface area contributed by atoms with Crippen LogP contribution in [0.5, 0.6) is 0 Å². The highest BCUT2D eigenvalue weighted by molar-refractivity contribution is 5.87. The molecule has 4 aromatic carbocycles. The SMILES string of the molecule is C.C.C.c1ccc(-c2ccc(-c3ccccc3)c(-c3ccccc3)c2)cc1. The Labute approximate surface area is 165 Å². The standard InChI is InChI=1S/C24H18.3CH4/c1-4-10-19(11-5-1)22-16-17-23(20-12-6-2-7-13-20)24(18-22)21-14-8-3-9-15-21;;;/h1-18H;3*1H4. The van der Waals surface area contributed by atoms with Crippen molar-refractivity contribution in [2.75, 3.05) is 0 Å². The molecule has 0 nitrogen and oxygen atoms in total. The number of hydrogen-bond donors (Lipinski definition) is 0. The van der Waals surface area contributed by atoms with Gasteiger partial charge in [-0.15, -0.1) is 0 Å². The maximum absolute atomic E-state index is 2.30. The minimum atomic E-state index is 0. The first-order valence-electron chi connectivity index (χ1n) is 8.22. The first-order valence-corrected chi connectivity index (χ1v) is 8.22. The van der Waals surface area contributed by atoms with E-state index in [-0.39, 0.29) is 22.3 Å². The molecule has 0 aliphatic heterocycles. The average molecular weight is 355 g/mol. The van der Waals surface area contributed by atoms with Gasteiger partial charge in [0.15, 0.2) is 0 Å². The summed E-state index contributed by atoms with van der Waals surface area (Å²) < 4.78 is 0. The summed E-state index contributed by atoms with van der Waals surface area (Å²) in [6, 6.07) is 38.5. The van der Waals surface area contributed by atoms with Crippen LogP contribution in [0, 0.1) is 0 Å². The van der Waals surface area contributed by atoms with Gasteiger partial charge in [-0.3, -0.25) is 0 Å². The minimum absolute atomic E-state index is 0. The smallest absolute Gasteiger partial charge is 0.00992 e. The van der Waals surface area contributed by atoms with Gasteiger partial charge in [-0.2, -0.15) is 0 Å². The van der Waals surface area contributed by atoms with Crippen LogP contribution in [-0.4, -0.2) is 0 Å². The summed E-state index contributed by atoms with van der Waals surface area (Å²) in [5.74, 6) is 0. The van der Waals surface area contributed by atoms with Gasteiger partial charge in [0.05, 0.1) is 0 Å². The van der Waals surface area contributed by atoms with Crippen molar-refractivity contribution >= 4 is 0 Å². The first-order chi connectivity index (χ1) is 11.9. The lowest BCUT2D eigenvalue weighted by Crippen LogP contribution is -1.87. The molecule has 0 amide bonds. The van der Waals surface area contributed by atoms with Crippen molar-refractivity contribution in [2.45, 2.75) is 22.3 Å². The lowest BCUT2D eigenvalue weighted by Gasteiger charge is -2.13. The minimum Gasteiger partial charge on any atom is -0.0776 e. The van der Waals surface area contributed by atoms with E-state index >= 15 is 0 Å². The molecule has 0 N–H and O–H groups in total. The Bertz CT molecular complexity index is 923.